The van der Waals surface area contributed by atoms with Crippen LogP contribution in [0.2, 0.25) is 0 Å². The predicted octanol–water partition coefficient (Wildman–Crippen LogP) is 4.61. The molecule has 1 nitrogen and oxygen atoms in total. The first-order valence-corrected chi connectivity index (χ1v) is 7.97. The standard InChI is InChI=1S/C15H26OS/c1-4-5-6-7-13-14(16)8-9-15(13)17-11-10-12(2)3/h10,13,15H,4-9,11H2,1-3H3. The molecule has 0 amide bonds. The zero-order valence-corrected chi connectivity index (χ0v) is 12.3. The molecular weight excluding hydrogens is 228 g/mol. The van der Waals surface area contributed by atoms with Gasteiger partial charge in [0.25, 0.3) is 0 Å². The van der Waals surface area contributed by atoms with Crippen LogP contribution in [-0.2, 0) is 4.79 Å². The van der Waals surface area contributed by atoms with E-state index in [1.165, 1.54) is 24.8 Å². The summed E-state index contributed by atoms with van der Waals surface area (Å²) in [4.78, 5) is 11.8. The Balaban J connectivity index is 2.36. The molecule has 2 heteroatoms. The number of Topliss-reactive ketones (excluding diaryl/α,β-unsaturated/α-hetero) is 1. The van der Waals surface area contributed by atoms with E-state index in [9.17, 15) is 4.79 Å². The molecule has 0 aromatic carbocycles. The van der Waals surface area contributed by atoms with E-state index in [-0.39, 0.29) is 0 Å². The van der Waals surface area contributed by atoms with E-state index < -0.39 is 0 Å². The van der Waals surface area contributed by atoms with Crippen molar-refractivity contribution in [3.05, 3.63) is 11.6 Å². The Kier molecular flexibility index (Phi) is 6.94. The van der Waals surface area contributed by atoms with Crippen LogP contribution in [0.5, 0.6) is 0 Å². The molecule has 0 N–H and O–H groups in total. The number of rotatable bonds is 7. The van der Waals surface area contributed by atoms with Crippen LogP contribution in [0.4, 0.5) is 0 Å². The number of ketones is 1. The fourth-order valence-electron chi connectivity index (χ4n) is 2.38. The Morgan fingerprint density at radius 3 is 2.82 bits per heavy atom. The molecule has 0 spiro atoms. The van der Waals surface area contributed by atoms with E-state index in [2.05, 4.69) is 26.8 Å². The average molecular weight is 254 g/mol. The van der Waals surface area contributed by atoms with Gasteiger partial charge in [0.15, 0.2) is 0 Å². The third-order valence-electron chi connectivity index (χ3n) is 3.46. The van der Waals surface area contributed by atoms with Crippen LogP contribution >= 0.6 is 11.8 Å². The summed E-state index contributed by atoms with van der Waals surface area (Å²) in [6, 6.07) is 0. The molecule has 0 aliphatic heterocycles. The van der Waals surface area contributed by atoms with E-state index in [4.69, 9.17) is 0 Å². The summed E-state index contributed by atoms with van der Waals surface area (Å²) in [6.45, 7) is 6.50. The van der Waals surface area contributed by atoms with Gasteiger partial charge in [0, 0.05) is 23.3 Å². The number of allylic oxidation sites excluding steroid dienone is 1. The Hall–Kier alpha value is -0.240. The molecular formula is C15H26OS. The molecule has 2 unspecified atom stereocenters. The largest absolute Gasteiger partial charge is 0.299 e. The summed E-state index contributed by atoms with van der Waals surface area (Å²) >= 11 is 1.99. The molecule has 1 aliphatic carbocycles. The van der Waals surface area contributed by atoms with Crippen LogP contribution in [0, 0.1) is 5.92 Å². The lowest BCUT2D eigenvalue weighted by Crippen LogP contribution is -2.17. The first-order chi connectivity index (χ1) is 8.15. The number of unbranched alkanes of at least 4 members (excludes halogenated alkanes) is 2. The zero-order chi connectivity index (χ0) is 12.7. The summed E-state index contributed by atoms with van der Waals surface area (Å²) in [5.41, 5.74) is 1.38. The summed E-state index contributed by atoms with van der Waals surface area (Å²) in [5, 5.41) is 0.593. The van der Waals surface area contributed by atoms with Crippen molar-refractivity contribution < 1.29 is 4.79 Å². The molecule has 98 valence electrons. The van der Waals surface area contributed by atoms with Crippen LogP contribution in [0.1, 0.15) is 59.3 Å². The molecule has 0 saturated heterocycles. The Bertz CT molecular complexity index is 266. The molecule has 17 heavy (non-hydrogen) atoms. The van der Waals surface area contributed by atoms with Gasteiger partial charge in [0.2, 0.25) is 0 Å². The predicted molar refractivity (Wildman–Crippen MR) is 77.6 cm³/mol. The van der Waals surface area contributed by atoms with E-state index in [1.54, 1.807) is 0 Å². The second kappa shape index (κ2) is 7.97. The van der Waals surface area contributed by atoms with Gasteiger partial charge < -0.3 is 0 Å². The molecule has 2 atom stereocenters. The molecule has 1 rings (SSSR count). The Morgan fingerprint density at radius 2 is 2.18 bits per heavy atom. The number of carbonyl (C=O) groups is 1. The summed E-state index contributed by atoms with van der Waals surface area (Å²) < 4.78 is 0. The van der Waals surface area contributed by atoms with Gasteiger partial charge in [-0.2, -0.15) is 11.8 Å². The van der Waals surface area contributed by atoms with Gasteiger partial charge in [-0.1, -0.05) is 37.8 Å². The lowest BCUT2D eigenvalue weighted by Gasteiger charge is -2.17. The van der Waals surface area contributed by atoms with Gasteiger partial charge in [-0.15, -0.1) is 0 Å². The van der Waals surface area contributed by atoms with Crippen molar-refractivity contribution in [1.82, 2.24) is 0 Å². The minimum Gasteiger partial charge on any atom is -0.299 e. The maximum absolute atomic E-state index is 11.8. The average Bonchev–Trinajstić information content (AvgIpc) is 2.61. The van der Waals surface area contributed by atoms with E-state index in [1.807, 2.05) is 11.8 Å². The highest BCUT2D eigenvalue weighted by molar-refractivity contribution is 8.00. The first kappa shape index (κ1) is 14.8. The normalized spacial score (nSPS) is 24.1. The fraction of sp³-hybridized carbons (Fsp3) is 0.800. The van der Waals surface area contributed by atoms with Crippen molar-refractivity contribution in [2.45, 2.75) is 64.5 Å². The lowest BCUT2D eigenvalue weighted by molar-refractivity contribution is -0.120. The van der Waals surface area contributed by atoms with Crippen LogP contribution < -0.4 is 0 Å². The van der Waals surface area contributed by atoms with Gasteiger partial charge in [0.1, 0.15) is 5.78 Å². The maximum atomic E-state index is 11.8. The van der Waals surface area contributed by atoms with E-state index in [0.29, 0.717) is 17.0 Å². The van der Waals surface area contributed by atoms with Gasteiger partial charge in [-0.05, 0) is 26.7 Å². The third-order valence-corrected chi connectivity index (χ3v) is 4.81. The topological polar surface area (TPSA) is 17.1 Å². The van der Waals surface area contributed by atoms with Crippen LogP contribution in [-0.4, -0.2) is 16.8 Å². The van der Waals surface area contributed by atoms with Crippen molar-refractivity contribution in [2.75, 3.05) is 5.75 Å². The van der Waals surface area contributed by atoms with Crippen molar-refractivity contribution in [2.24, 2.45) is 5.92 Å². The number of carbonyl (C=O) groups excluding carboxylic acids is 1. The van der Waals surface area contributed by atoms with Crippen molar-refractivity contribution in [3.63, 3.8) is 0 Å². The van der Waals surface area contributed by atoms with Gasteiger partial charge >= 0.3 is 0 Å². The lowest BCUT2D eigenvalue weighted by atomic mass is 9.99. The molecule has 0 heterocycles. The highest BCUT2D eigenvalue weighted by Crippen LogP contribution is 2.35. The highest BCUT2D eigenvalue weighted by Gasteiger charge is 2.33. The van der Waals surface area contributed by atoms with Crippen molar-refractivity contribution in [3.8, 4) is 0 Å². The minimum absolute atomic E-state index is 0.358. The monoisotopic (exact) mass is 254 g/mol. The minimum atomic E-state index is 0.358. The first-order valence-electron chi connectivity index (χ1n) is 6.92. The van der Waals surface area contributed by atoms with Crippen LogP contribution in [0.25, 0.3) is 0 Å². The second-order valence-electron chi connectivity index (χ2n) is 5.26. The zero-order valence-electron chi connectivity index (χ0n) is 11.5. The van der Waals surface area contributed by atoms with Crippen LogP contribution in [0.15, 0.2) is 11.6 Å². The number of thioether (sulfide) groups is 1. The van der Waals surface area contributed by atoms with Gasteiger partial charge in [0.05, 0.1) is 0 Å². The second-order valence-corrected chi connectivity index (χ2v) is 6.53. The Labute approximate surface area is 110 Å². The van der Waals surface area contributed by atoms with Gasteiger partial charge in [-0.3, -0.25) is 4.79 Å². The molecule has 0 bridgehead atoms. The number of hydrogen-bond acceptors (Lipinski definition) is 2. The van der Waals surface area contributed by atoms with E-state index >= 15 is 0 Å². The summed E-state index contributed by atoms with van der Waals surface area (Å²) in [5.74, 6) is 1.96. The van der Waals surface area contributed by atoms with Crippen molar-refractivity contribution >= 4 is 17.5 Å². The molecule has 0 aromatic heterocycles. The molecule has 1 fully saturated rings. The molecule has 0 aromatic rings. The Morgan fingerprint density at radius 1 is 1.41 bits per heavy atom. The molecule has 0 radical (unpaired) electrons. The summed E-state index contributed by atoms with van der Waals surface area (Å²) in [7, 11) is 0. The maximum Gasteiger partial charge on any atom is 0.137 e. The molecule has 1 saturated carbocycles. The quantitative estimate of drug-likeness (QED) is 0.487. The fourth-order valence-corrected chi connectivity index (χ4v) is 3.86. The van der Waals surface area contributed by atoms with E-state index in [0.717, 1.165) is 25.0 Å². The van der Waals surface area contributed by atoms with Crippen LogP contribution in [0.3, 0.4) is 0 Å². The summed E-state index contributed by atoms with van der Waals surface area (Å²) in [6.07, 6.45) is 9.08. The van der Waals surface area contributed by atoms with Crippen molar-refractivity contribution in [1.29, 1.82) is 0 Å². The SMILES string of the molecule is CCCCCC1C(=O)CCC1SCC=C(C)C. The number of hydrogen-bond donors (Lipinski definition) is 0. The molecule has 1 aliphatic rings. The van der Waals surface area contributed by atoms with Gasteiger partial charge in [-0.25, -0.2) is 0 Å². The highest BCUT2D eigenvalue weighted by atomic mass is 32.2. The third kappa shape index (κ3) is 5.29. The smallest absolute Gasteiger partial charge is 0.137 e.